The maximum absolute atomic E-state index is 11.4. The summed E-state index contributed by atoms with van der Waals surface area (Å²) in [5.74, 6) is -0.286. The van der Waals surface area contributed by atoms with Crippen molar-refractivity contribution in [2.45, 2.75) is 20.2 Å². The van der Waals surface area contributed by atoms with E-state index in [9.17, 15) is 9.82 Å². The van der Waals surface area contributed by atoms with Gasteiger partial charge in [0.2, 0.25) is 0 Å². The van der Waals surface area contributed by atoms with E-state index < -0.39 is 7.05 Å². The SMILES string of the molecule is COC(=O)C/C(=C/c1cccc(C)c1)CNB(C)O. The molecule has 0 aliphatic rings. The van der Waals surface area contributed by atoms with Crippen molar-refractivity contribution >= 4 is 19.1 Å². The number of carbonyl (C=O) groups excluding carboxylic acids is 1. The van der Waals surface area contributed by atoms with Crippen LogP contribution in [0.1, 0.15) is 17.5 Å². The Labute approximate surface area is 114 Å². The van der Waals surface area contributed by atoms with Crippen molar-refractivity contribution in [3.05, 3.63) is 41.0 Å². The quantitative estimate of drug-likeness (QED) is 0.603. The Morgan fingerprint density at radius 3 is 2.84 bits per heavy atom. The van der Waals surface area contributed by atoms with Crippen LogP contribution >= 0.6 is 0 Å². The first-order chi connectivity index (χ1) is 9.01. The summed E-state index contributed by atoms with van der Waals surface area (Å²) in [5, 5.41) is 12.1. The zero-order valence-electron chi connectivity index (χ0n) is 11.6. The van der Waals surface area contributed by atoms with Crippen LogP contribution in [0.3, 0.4) is 0 Å². The van der Waals surface area contributed by atoms with Gasteiger partial charge < -0.3 is 15.0 Å². The second kappa shape index (κ2) is 7.76. The Bertz CT molecular complexity index is 458. The molecule has 1 rings (SSSR count). The lowest BCUT2D eigenvalue weighted by molar-refractivity contribution is -0.139. The molecule has 5 heteroatoms. The number of hydrogen-bond acceptors (Lipinski definition) is 4. The van der Waals surface area contributed by atoms with Crippen LogP contribution in [0.15, 0.2) is 29.8 Å². The van der Waals surface area contributed by atoms with Crippen LogP contribution in [0.5, 0.6) is 0 Å². The van der Waals surface area contributed by atoms with E-state index in [0.29, 0.717) is 6.54 Å². The number of aryl methyl sites for hydroxylation is 1. The third kappa shape index (κ3) is 6.22. The van der Waals surface area contributed by atoms with Gasteiger partial charge in [-0.25, -0.2) is 0 Å². The molecule has 0 heterocycles. The number of esters is 1. The van der Waals surface area contributed by atoms with Crippen LogP contribution in [-0.2, 0) is 9.53 Å². The van der Waals surface area contributed by atoms with E-state index in [1.807, 2.05) is 37.3 Å². The van der Waals surface area contributed by atoms with Crippen LogP contribution in [0.4, 0.5) is 0 Å². The maximum Gasteiger partial charge on any atom is 0.373 e. The lowest BCUT2D eigenvalue weighted by atomic mass is 9.88. The van der Waals surface area contributed by atoms with Crippen molar-refractivity contribution in [2.75, 3.05) is 13.7 Å². The van der Waals surface area contributed by atoms with Crippen LogP contribution in [0.2, 0.25) is 6.82 Å². The molecule has 0 aromatic heterocycles. The monoisotopic (exact) mass is 261 g/mol. The maximum atomic E-state index is 11.4. The molecule has 0 saturated heterocycles. The van der Waals surface area contributed by atoms with E-state index in [1.165, 1.54) is 7.11 Å². The van der Waals surface area contributed by atoms with Gasteiger partial charge in [-0.1, -0.05) is 35.9 Å². The van der Waals surface area contributed by atoms with Crippen molar-refractivity contribution in [1.82, 2.24) is 5.23 Å². The van der Waals surface area contributed by atoms with Crippen molar-refractivity contribution in [1.29, 1.82) is 0 Å². The van der Waals surface area contributed by atoms with E-state index in [-0.39, 0.29) is 12.4 Å². The zero-order chi connectivity index (χ0) is 14.3. The molecule has 2 N–H and O–H groups in total. The Morgan fingerprint density at radius 2 is 2.26 bits per heavy atom. The summed E-state index contributed by atoms with van der Waals surface area (Å²) in [5.41, 5.74) is 3.07. The second-order valence-corrected chi connectivity index (χ2v) is 4.53. The van der Waals surface area contributed by atoms with E-state index in [4.69, 9.17) is 0 Å². The average Bonchev–Trinajstić information content (AvgIpc) is 2.35. The largest absolute Gasteiger partial charge is 0.469 e. The first kappa shape index (κ1) is 15.5. The zero-order valence-corrected chi connectivity index (χ0v) is 11.6. The number of carbonyl (C=O) groups is 1. The van der Waals surface area contributed by atoms with Crippen LogP contribution in [-0.4, -0.2) is 31.7 Å². The topological polar surface area (TPSA) is 58.6 Å². The Morgan fingerprint density at radius 1 is 1.53 bits per heavy atom. The predicted octanol–water partition coefficient (Wildman–Crippen LogP) is 1.64. The molecule has 0 atom stereocenters. The van der Waals surface area contributed by atoms with Crippen molar-refractivity contribution in [2.24, 2.45) is 0 Å². The van der Waals surface area contributed by atoms with Crippen molar-refractivity contribution in [3.8, 4) is 0 Å². The smallest absolute Gasteiger partial charge is 0.373 e. The van der Waals surface area contributed by atoms with Gasteiger partial charge in [0.05, 0.1) is 13.5 Å². The van der Waals surface area contributed by atoms with Gasteiger partial charge in [-0.2, -0.15) is 0 Å². The predicted molar refractivity (Wildman–Crippen MR) is 77.6 cm³/mol. The van der Waals surface area contributed by atoms with Crippen LogP contribution in [0, 0.1) is 6.92 Å². The fourth-order valence-corrected chi connectivity index (χ4v) is 1.70. The summed E-state index contributed by atoms with van der Waals surface area (Å²) in [6, 6.07) is 8.01. The van der Waals surface area contributed by atoms with Gasteiger partial charge in [0.15, 0.2) is 0 Å². The minimum atomic E-state index is -0.612. The van der Waals surface area contributed by atoms with Crippen molar-refractivity contribution < 1.29 is 14.6 Å². The highest BCUT2D eigenvalue weighted by Gasteiger charge is 2.09. The second-order valence-electron chi connectivity index (χ2n) is 4.53. The molecule has 0 fully saturated rings. The summed E-state index contributed by atoms with van der Waals surface area (Å²) in [7, 11) is 0.757. The average molecular weight is 261 g/mol. The first-order valence-corrected chi connectivity index (χ1v) is 6.25. The van der Waals surface area contributed by atoms with Gasteiger partial charge in [0.1, 0.15) is 0 Å². The van der Waals surface area contributed by atoms with E-state index >= 15 is 0 Å². The summed E-state index contributed by atoms with van der Waals surface area (Å²) >= 11 is 0. The number of ether oxygens (including phenoxy) is 1. The molecule has 0 saturated carbocycles. The summed E-state index contributed by atoms with van der Waals surface area (Å²) in [6.45, 7) is 4.11. The first-order valence-electron chi connectivity index (χ1n) is 6.25. The fourth-order valence-electron chi connectivity index (χ4n) is 1.70. The molecule has 1 aromatic rings. The number of nitrogens with one attached hydrogen (secondary N) is 1. The molecule has 0 radical (unpaired) electrons. The normalized spacial score (nSPS) is 11.3. The lowest BCUT2D eigenvalue weighted by Crippen LogP contribution is -2.32. The lowest BCUT2D eigenvalue weighted by Gasteiger charge is -2.09. The van der Waals surface area contributed by atoms with E-state index in [1.54, 1.807) is 6.82 Å². The van der Waals surface area contributed by atoms with E-state index in [2.05, 4.69) is 9.96 Å². The molecule has 0 spiro atoms. The molecular weight excluding hydrogens is 241 g/mol. The Hall–Kier alpha value is -1.59. The minimum absolute atomic E-state index is 0.212. The van der Waals surface area contributed by atoms with Gasteiger partial charge in [-0.05, 0) is 24.9 Å². The number of hydrogen-bond donors (Lipinski definition) is 2. The van der Waals surface area contributed by atoms with Gasteiger partial charge in [-0.3, -0.25) is 4.79 Å². The minimum Gasteiger partial charge on any atom is -0.469 e. The van der Waals surface area contributed by atoms with Gasteiger partial charge in [0, 0.05) is 6.54 Å². The molecule has 1 aromatic carbocycles. The molecule has 0 bridgehead atoms. The van der Waals surface area contributed by atoms with Crippen molar-refractivity contribution in [3.63, 3.8) is 0 Å². The van der Waals surface area contributed by atoms with E-state index in [0.717, 1.165) is 16.7 Å². The van der Waals surface area contributed by atoms with Crippen LogP contribution in [0.25, 0.3) is 6.08 Å². The summed E-state index contributed by atoms with van der Waals surface area (Å²) in [4.78, 5) is 11.4. The molecular formula is C14H20BNO3. The van der Waals surface area contributed by atoms with Crippen LogP contribution < -0.4 is 5.23 Å². The number of rotatable bonds is 6. The highest BCUT2D eigenvalue weighted by Crippen LogP contribution is 2.12. The molecule has 19 heavy (non-hydrogen) atoms. The fraction of sp³-hybridized carbons (Fsp3) is 0.357. The third-order valence-electron chi connectivity index (χ3n) is 2.64. The molecule has 102 valence electrons. The summed E-state index contributed by atoms with van der Waals surface area (Å²) < 4.78 is 4.68. The number of methoxy groups -OCH3 is 1. The molecule has 0 aliphatic carbocycles. The molecule has 0 aliphatic heterocycles. The molecule has 4 nitrogen and oxygen atoms in total. The Balaban J connectivity index is 2.84. The number of benzene rings is 1. The highest BCUT2D eigenvalue weighted by molar-refractivity contribution is 6.45. The summed E-state index contributed by atoms with van der Waals surface area (Å²) in [6.07, 6.45) is 2.16. The Kier molecular flexibility index (Phi) is 6.32. The van der Waals surface area contributed by atoms with Gasteiger partial charge in [0.25, 0.3) is 0 Å². The van der Waals surface area contributed by atoms with Gasteiger partial charge in [-0.15, -0.1) is 0 Å². The third-order valence-corrected chi connectivity index (χ3v) is 2.64. The molecule has 0 unspecified atom stereocenters. The van der Waals surface area contributed by atoms with Gasteiger partial charge >= 0.3 is 13.0 Å². The standard InChI is InChI=1S/C14H20BNO3/c1-11-5-4-6-12(7-11)8-13(9-14(17)19-3)10-16-15(2)18/h4-8,16,18H,9-10H2,1-3H3/b13-8-. The molecule has 0 amide bonds. The highest BCUT2D eigenvalue weighted by atomic mass is 16.5.